The Morgan fingerprint density at radius 1 is 0.760 bits per heavy atom. The lowest BCUT2D eigenvalue weighted by atomic mass is 9.90. The van der Waals surface area contributed by atoms with Gasteiger partial charge in [-0.25, -0.2) is 4.39 Å². The number of carbonyl (C=O) groups is 5. The number of ketones is 1. The molecule has 2 aliphatic rings. The molecule has 2 bridgehead atoms. The van der Waals surface area contributed by atoms with Crippen molar-refractivity contribution in [1.29, 1.82) is 0 Å². The predicted molar refractivity (Wildman–Crippen MR) is 185 cm³/mol. The second-order valence-electron chi connectivity index (χ2n) is 12.2. The highest BCUT2D eigenvalue weighted by Gasteiger charge is 2.32. The van der Waals surface area contributed by atoms with Crippen molar-refractivity contribution in [2.24, 2.45) is 5.92 Å². The van der Waals surface area contributed by atoms with E-state index in [-0.39, 0.29) is 32.1 Å². The second kappa shape index (κ2) is 17.3. The molecule has 6 rings (SSSR count). The number of carbonyl (C=O) groups excluding carboxylic acids is 4. The summed E-state index contributed by atoms with van der Waals surface area (Å²) in [7, 11) is 0. The largest absolute Gasteiger partial charge is 0.484 e. The summed E-state index contributed by atoms with van der Waals surface area (Å²) in [6, 6.07) is 21.7. The van der Waals surface area contributed by atoms with Gasteiger partial charge in [-0.15, -0.1) is 11.3 Å². The summed E-state index contributed by atoms with van der Waals surface area (Å²) in [6.07, 6.45) is 0.399. The van der Waals surface area contributed by atoms with Gasteiger partial charge in [0, 0.05) is 24.1 Å². The Labute approximate surface area is 293 Å². The standard InChI is InChI=1S/C38H38FN3O7S/c39-28-13-8-26(9-14-28)20-32-36(45)41-31(17-12-24-5-2-1-3-6-24)34(43)21-27(38(47)48)19-25-10-15-29(16-11-25)49-23-35(44)40-33(37(46)42-32)22-30-7-4-18-50-30/h1-11,13-16,18,27,31-33H,12,17,19-23H2,(H,40,44)(H,41,45)(H,42,46)(H,47,48)/t27-,31-,32+,33-/m1/s1. The maximum absolute atomic E-state index is 14.0. The Kier molecular flexibility index (Phi) is 12.5. The molecule has 3 heterocycles. The fraction of sp³-hybridized carbons (Fsp3) is 0.289. The smallest absolute Gasteiger partial charge is 0.307 e. The van der Waals surface area contributed by atoms with Crippen LogP contribution in [0.3, 0.4) is 0 Å². The first kappa shape index (κ1) is 35.9. The highest BCUT2D eigenvalue weighted by atomic mass is 32.1. The van der Waals surface area contributed by atoms with E-state index in [1.807, 2.05) is 47.8 Å². The molecule has 4 aromatic rings. The number of hydrogen-bond acceptors (Lipinski definition) is 7. The van der Waals surface area contributed by atoms with Crippen molar-refractivity contribution in [2.45, 2.75) is 56.7 Å². The van der Waals surface area contributed by atoms with E-state index in [9.17, 15) is 33.5 Å². The number of carboxylic acid groups (broad SMARTS) is 1. The molecule has 10 nitrogen and oxygen atoms in total. The molecule has 1 aromatic heterocycles. The molecular weight excluding hydrogens is 661 g/mol. The Morgan fingerprint density at radius 2 is 1.44 bits per heavy atom. The van der Waals surface area contributed by atoms with E-state index in [0.717, 1.165) is 10.4 Å². The molecule has 0 spiro atoms. The van der Waals surface area contributed by atoms with E-state index < -0.39 is 65.9 Å². The molecule has 260 valence electrons. The average Bonchev–Trinajstić information content (AvgIpc) is 3.63. The quantitative estimate of drug-likeness (QED) is 0.203. The number of aliphatic carboxylic acids is 1. The van der Waals surface area contributed by atoms with Crippen LogP contribution in [0.2, 0.25) is 0 Å². The fourth-order valence-electron chi connectivity index (χ4n) is 5.74. The van der Waals surface area contributed by atoms with E-state index in [2.05, 4.69) is 16.0 Å². The van der Waals surface area contributed by atoms with Crippen LogP contribution in [0.4, 0.5) is 4.39 Å². The lowest BCUT2D eigenvalue weighted by molar-refractivity contribution is -0.144. The highest BCUT2D eigenvalue weighted by Crippen LogP contribution is 2.20. The van der Waals surface area contributed by atoms with Crippen LogP contribution in [-0.4, -0.2) is 59.3 Å². The number of aryl methyl sites for hydroxylation is 1. The van der Waals surface area contributed by atoms with Crippen molar-refractivity contribution in [2.75, 3.05) is 6.61 Å². The number of carboxylic acids is 1. The minimum absolute atomic E-state index is 0.0496. The Balaban J connectivity index is 1.48. The molecular formula is C38H38FN3O7S. The first-order chi connectivity index (χ1) is 24.1. The molecule has 0 saturated carbocycles. The minimum Gasteiger partial charge on any atom is -0.484 e. The molecule has 0 fully saturated rings. The van der Waals surface area contributed by atoms with Crippen molar-refractivity contribution < 1.29 is 38.2 Å². The molecule has 4 N–H and O–H groups in total. The van der Waals surface area contributed by atoms with Gasteiger partial charge in [0.15, 0.2) is 12.4 Å². The SMILES string of the molecule is O=C1COc2ccc(cc2)C[C@@H](C(=O)O)CC(=O)[C@@H](CCc2ccccc2)NC(=O)[C@H](Cc2ccc(F)cc2)NC(=O)[C@@H](Cc2cccs2)N1. The predicted octanol–water partition coefficient (Wildman–Crippen LogP) is 4.05. The van der Waals surface area contributed by atoms with Crippen molar-refractivity contribution in [3.8, 4) is 5.75 Å². The Bertz CT molecular complexity index is 1770. The molecule has 0 radical (unpaired) electrons. The van der Waals surface area contributed by atoms with Gasteiger partial charge in [0.1, 0.15) is 23.7 Å². The van der Waals surface area contributed by atoms with Crippen molar-refractivity contribution in [3.63, 3.8) is 0 Å². The lowest BCUT2D eigenvalue weighted by Gasteiger charge is -2.26. The molecule has 4 atom stereocenters. The normalized spacial score (nSPS) is 20.7. The number of fused-ring (bicyclic) bond motifs is 16. The summed E-state index contributed by atoms with van der Waals surface area (Å²) in [5, 5.41) is 20.2. The number of benzene rings is 3. The van der Waals surface area contributed by atoms with Crippen molar-refractivity contribution >= 4 is 40.8 Å². The third-order valence-corrected chi connectivity index (χ3v) is 9.36. The zero-order valence-corrected chi connectivity index (χ0v) is 28.0. The van der Waals surface area contributed by atoms with Gasteiger partial charge in [-0.2, -0.15) is 0 Å². The Hall–Kier alpha value is -5.36. The number of rotatable bonds is 8. The van der Waals surface area contributed by atoms with E-state index in [4.69, 9.17) is 4.74 Å². The average molecular weight is 700 g/mol. The molecule has 0 aliphatic carbocycles. The van der Waals surface area contributed by atoms with Crippen LogP contribution in [0.1, 0.15) is 34.4 Å². The fourth-order valence-corrected chi connectivity index (χ4v) is 6.49. The summed E-state index contributed by atoms with van der Waals surface area (Å²) in [6.45, 7) is -0.400. The van der Waals surface area contributed by atoms with Gasteiger partial charge in [-0.1, -0.05) is 60.7 Å². The summed E-state index contributed by atoms with van der Waals surface area (Å²) in [5.41, 5.74) is 2.11. The van der Waals surface area contributed by atoms with Gasteiger partial charge in [0.25, 0.3) is 5.91 Å². The summed E-state index contributed by atoms with van der Waals surface area (Å²) < 4.78 is 19.4. The summed E-state index contributed by atoms with van der Waals surface area (Å²) in [4.78, 5) is 67.9. The van der Waals surface area contributed by atoms with Gasteiger partial charge in [0.2, 0.25) is 11.8 Å². The number of hydrogen-bond donors (Lipinski definition) is 4. The number of ether oxygens (including phenoxy) is 1. The zero-order chi connectivity index (χ0) is 35.5. The number of thiophene rings is 1. The molecule has 12 heteroatoms. The van der Waals surface area contributed by atoms with Gasteiger partial charge in [0.05, 0.1) is 12.0 Å². The van der Waals surface area contributed by atoms with Crippen LogP contribution in [-0.2, 0) is 49.7 Å². The molecule has 50 heavy (non-hydrogen) atoms. The number of amides is 3. The first-order valence-corrected chi connectivity index (χ1v) is 17.2. The van der Waals surface area contributed by atoms with Gasteiger partial charge in [-0.05, 0) is 71.7 Å². The monoisotopic (exact) mass is 699 g/mol. The third kappa shape index (κ3) is 10.6. The van der Waals surface area contributed by atoms with Crippen LogP contribution < -0.4 is 20.7 Å². The van der Waals surface area contributed by atoms with Crippen LogP contribution in [0.15, 0.2) is 96.4 Å². The number of Topliss-reactive ketones (excluding diaryl/α,β-unsaturated/α-hetero) is 1. The van der Waals surface area contributed by atoms with E-state index in [0.29, 0.717) is 23.3 Å². The third-order valence-electron chi connectivity index (χ3n) is 8.47. The van der Waals surface area contributed by atoms with E-state index >= 15 is 0 Å². The molecule has 0 saturated heterocycles. The van der Waals surface area contributed by atoms with Gasteiger partial charge >= 0.3 is 5.97 Å². The minimum atomic E-state index is -1.23. The molecule has 3 amide bonds. The maximum atomic E-state index is 14.0. The van der Waals surface area contributed by atoms with Crippen LogP contribution in [0.25, 0.3) is 0 Å². The van der Waals surface area contributed by atoms with Gasteiger partial charge in [-0.3, -0.25) is 24.0 Å². The van der Waals surface area contributed by atoms with Crippen molar-refractivity contribution in [3.05, 3.63) is 124 Å². The van der Waals surface area contributed by atoms with E-state index in [1.54, 1.807) is 24.3 Å². The highest BCUT2D eigenvalue weighted by molar-refractivity contribution is 7.09. The lowest BCUT2D eigenvalue weighted by Crippen LogP contribution is -2.57. The van der Waals surface area contributed by atoms with Gasteiger partial charge < -0.3 is 25.8 Å². The molecule has 3 aromatic carbocycles. The number of nitrogens with one attached hydrogen (secondary N) is 3. The zero-order valence-electron chi connectivity index (χ0n) is 27.2. The second-order valence-corrected chi connectivity index (χ2v) is 13.3. The van der Waals surface area contributed by atoms with Crippen LogP contribution in [0.5, 0.6) is 5.75 Å². The Morgan fingerprint density at radius 3 is 2.10 bits per heavy atom. The van der Waals surface area contributed by atoms with E-state index in [1.165, 1.54) is 35.6 Å². The summed E-state index contributed by atoms with van der Waals surface area (Å²) in [5.74, 6) is -4.71. The van der Waals surface area contributed by atoms with Crippen LogP contribution >= 0.6 is 11.3 Å². The summed E-state index contributed by atoms with van der Waals surface area (Å²) >= 11 is 1.41. The maximum Gasteiger partial charge on any atom is 0.307 e. The molecule has 2 aliphatic heterocycles. The topological polar surface area (TPSA) is 151 Å². The van der Waals surface area contributed by atoms with Crippen molar-refractivity contribution in [1.82, 2.24) is 16.0 Å². The molecule has 0 unspecified atom stereocenters. The first-order valence-electron chi connectivity index (χ1n) is 16.3. The number of halogens is 1. The van der Waals surface area contributed by atoms with Crippen LogP contribution in [0, 0.1) is 11.7 Å².